The molecule has 1 aliphatic rings. The fourth-order valence-corrected chi connectivity index (χ4v) is 5.06. The summed E-state index contributed by atoms with van der Waals surface area (Å²) in [6.45, 7) is 11.4. The first kappa shape index (κ1) is 24.8. The minimum absolute atomic E-state index is 0.0546. The number of primary amides is 1. The van der Waals surface area contributed by atoms with E-state index in [9.17, 15) is 19.2 Å². The normalized spacial score (nSPS) is 17.8. The number of urea groups is 1. The van der Waals surface area contributed by atoms with Gasteiger partial charge in [0, 0.05) is 17.5 Å². The zero-order valence-electron chi connectivity index (χ0n) is 20.1. The molecule has 0 spiro atoms. The Hall–Kier alpha value is -2.82. The number of carbonyl (C=O) groups excluding carboxylic acids is 2. The van der Waals surface area contributed by atoms with Gasteiger partial charge < -0.3 is 10.5 Å². The molecule has 3 rings (SSSR count). The number of hydrogen-bond acceptors (Lipinski definition) is 6. The molecule has 0 saturated heterocycles. The second kappa shape index (κ2) is 9.20. The van der Waals surface area contributed by atoms with Gasteiger partial charge in [-0.3, -0.25) is 13.9 Å². The first-order chi connectivity index (χ1) is 15.4. The number of nitrogens with zero attached hydrogens (tertiary/aromatic N) is 3. The van der Waals surface area contributed by atoms with E-state index in [0.29, 0.717) is 27.2 Å². The smallest absolute Gasteiger partial charge is 0.426 e. The number of carbonyl (C=O) groups is 2. The highest BCUT2D eigenvalue weighted by Gasteiger charge is 2.38. The third-order valence-electron chi connectivity index (χ3n) is 5.67. The highest BCUT2D eigenvalue weighted by Crippen LogP contribution is 2.41. The van der Waals surface area contributed by atoms with Gasteiger partial charge >= 0.3 is 17.8 Å². The first-order valence-electron chi connectivity index (χ1n) is 11.2. The number of aromatic nitrogens is 2. The van der Waals surface area contributed by atoms with Gasteiger partial charge in [-0.25, -0.2) is 24.8 Å². The Balaban J connectivity index is 2.05. The fraction of sp³-hybridized carbons (Fsp3) is 0.636. The van der Waals surface area contributed by atoms with E-state index in [4.69, 9.17) is 10.5 Å². The van der Waals surface area contributed by atoms with Crippen molar-refractivity contribution in [2.24, 2.45) is 11.7 Å². The highest BCUT2D eigenvalue weighted by atomic mass is 32.1. The first-order valence-corrected chi connectivity index (χ1v) is 12.0. The van der Waals surface area contributed by atoms with Gasteiger partial charge in [0.1, 0.15) is 10.4 Å². The van der Waals surface area contributed by atoms with Gasteiger partial charge in [-0.2, -0.15) is 0 Å². The topological polar surface area (TPSA) is 129 Å². The molecule has 1 fully saturated rings. The van der Waals surface area contributed by atoms with Crippen LogP contribution >= 0.6 is 11.3 Å². The molecule has 3 N–H and O–H groups in total. The summed E-state index contributed by atoms with van der Waals surface area (Å²) in [6.07, 6.45) is 1.69. The number of hydrazine groups is 1. The predicted octanol–water partition coefficient (Wildman–Crippen LogP) is 3.23. The van der Waals surface area contributed by atoms with Crippen molar-refractivity contribution in [3.8, 4) is 0 Å². The molecule has 2 atom stereocenters. The lowest BCUT2D eigenvalue weighted by Gasteiger charge is -2.24. The average Bonchev–Trinajstić information content (AvgIpc) is 3.30. The van der Waals surface area contributed by atoms with Crippen LogP contribution in [0.15, 0.2) is 9.59 Å². The lowest BCUT2D eigenvalue weighted by Crippen LogP contribution is -2.49. The third kappa shape index (κ3) is 5.23. The summed E-state index contributed by atoms with van der Waals surface area (Å²) in [5.74, 6) is 0.286. The van der Waals surface area contributed by atoms with Crippen LogP contribution < -0.4 is 22.4 Å². The monoisotopic (exact) mass is 479 g/mol. The van der Waals surface area contributed by atoms with Crippen molar-refractivity contribution >= 4 is 33.7 Å². The van der Waals surface area contributed by atoms with Crippen LogP contribution in [0.3, 0.4) is 0 Å². The molecule has 0 radical (unpaired) electrons. The minimum atomic E-state index is -0.870. The lowest BCUT2D eigenvalue weighted by molar-refractivity contribution is 0.0376. The molecule has 2 aromatic heterocycles. The molecular weight excluding hydrogens is 446 g/mol. The fourth-order valence-electron chi connectivity index (χ4n) is 3.76. The number of nitrogens with two attached hydrogens (primary N) is 1. The summed E-state index contributed by atoms with van der Waals surface area (Å²) in [5, 5.41) is 1.42. The Morgan fingerprint density at radius 1 is 1.30 bits per heavy atom. The maximum Gasteiger partial charge on any atom is 0.426 e. The molecule has 10 nitrogen and oxygen atoms in total. The van der Waals surface area contributed by atoms with Crippen molar-refractivity contribution in [1.29, 1.82) is 0 Å². The van der Waals surface area contributed by atoms with Crippen molar-refractivity contribution in [2.75, 3.05) is 0 Å². The number of aryl methyl sites for hydroxylation is 2. The molecule has 0 aliphatic heterocycles. The van der Waals surface area contributed by atoms with Crippen LogP contribution in [0.25, 0.3) is 10.2 Å². The SMILES string of the molecule is CCCCn1c(=O)n([C@H]2C[C@@H]2C)c(=O)c2c(C)c(CN(NC(=O)OC(C)(C)C)C(N)=O)sc21. The van der Waals surface area contributed by atoms with Gasteiger partial charge in [-0.1, -0.05) is 20.3 Å². The number of rotatable bonds is 6. The van der Waals surface area contributed by atoms with Gasteiger partial charge in [0.25, 0.3) is 5.56 Å². The molecule has 0 bridgehead atoms. The van der Waals surface area contributed by atoms with Crippen LogP contribution in [0.4, 0.5) is 9.59 Å². The van der Waals surface area contributed by atoms with Gasteiger partial charge in [-0.15, -0.1) is 11.3 Å². The number of nitrogens with one attached hydrogen (secondary N) is 1. The highest BCUT2D eigenvalue weighted by molar-refractivity contribution is 7.18. The van der Waals surface area contributed by atoms with E-state index < -0.39 is 17.7 Å². The van der Waals surface area contributed by atoms with Crippen molar-refractivity contribution in [3.63, 3.8) is 0 Å². The molecular formula is C22H33N5O5S. The Morgan fingerprint density at radius 3 is 2.45 bits per heavy atom. The number of amides is 3. The maximum atomic E-state index is 13.4. The lowest BCUT2D eigenvalue weighted by atomic mass is 10.2. The van der Waals surface area contributed by atoms with E-state index in [1.54, 1.807) is 32.3 Å². The average molecular weight is 480 g/mol. The number of thiophene rings is 1. The van der Waals surface area contributed by atoms with Crippen LogP contribution in [0, 0.1) is 12.8 Å². The van der Waals surface area contributed by atoms with Gasteiger partial charge in [0.2, 0.25) is 0 Å². The molecule has 2 aromatic rings. The second-order valence-electron chi connectivity index (χ2n) is 9.61. The zero-order valence-corrected chi connectivity index (χ0v) is 20.9. The molecule has 2 heterocycles. The Morgan fingerprint density at radius 2 is 1.94 bits per heavy atom. The summed E-state index contributed by atoms with van der Waals surface area (Å²) in [6, 6.07) is -0.953. The number of ether oxygens (including phenoxy) is 1. The zero-order chi connectivity index (χ0) is 24.7. The molecule has 3 amide bonds. The molecule has 0 aromatic carbocycles. The second-order valence-corrected chi connectivity index (χ2v) is 10.7. The Bertz CT molecular complexity index is 1190. The third-order valence-corrected chi connectivity index (χ3v) is 6.97. The summed E-state index contributed by atoms with van der Waals surface area (Å²) in [4.78, 5) is 52.0. The van der Waals surface area contributed by atoms with E-state index in [-0.39, 0.29) is 29.8 Å². The molecule has 11 heteroatoms. The number of unbranched alkanes of at least 4 members (excludes halogenated alkanes) is 1. The molecule has 1 aliphatic carbocycles. The van der Waals surface area contributed by atoms with Gasteiger partial charge in [0.15, 0.2) is 0 Å². The van der Waals surface area contributed by atoms with Crippen molar-refractivity contribution in [1.82, 2.24) is 19.6 Å². The van der Waals surface area contributed by atoms with Crippen LogP contribution in [0.2, 0.25) is 0 Å². The van der Waals surface area contributed by atoms with E-state index >= 15 is 0 Å². The van der Waals surface area contributed by atoms with E-state index in [1.165, 1.54) is 15.9 Å². The van der Waals surface area contributed by atoms with Crippen molar-refractivity contribution in [2.45, 2.75) is 85.5 Å². The van der Waals surface area contributed by atoms with Crippen LogP contribution in [-0.4, -0.2) is 31.9 Å². The molecule has 182 valence electrons. The number of hydrogen-bond donors (Lipinski definition) is 2. The van der Waals surface area contributed by atoms with Gasteiger partial charge in [0.05, 0.1) is 11.9 Å². The number of fused-ring (bicyclic) bond motifs is 1. The predicted molar refractivity (Wildman–Crippen MR) is 127 cm³/mol. The largest absolute Gasteiger partial charge is 0.443 e. The standard InChI is InChI=1S/C22H33N5O5S/c1-7-8-9-25-18-16(17(28)27(21(25)31)14-10-12(14)2)13(3)15(33-18)11-26(19(23)29)24-20(30)32-22(4,5)6/h12,14H,7-11H2,1-6H3,(H2,23,29)(H,24,30)/t12-,14-/m0/s1. The van der Waals surface area contributed by atoms with Crippen molar-refractivity contribution in [3.05, 3.63) is 31.3 Å². The molecule has 1 saturated carbocycles. The summed E-state index contributed by atoms with van der Waals surface area (Å²) in [5.41, 5.74) is 7.17. The van der Waals surface area contributed by atoms with Crippen LogP contribution in [0.5, 0.6) is 0 Å². The maximum absolute atomic E-state index is 13.4. The van der Waals surface area contributed by atoms with Crippen LogP contribution in [0.1, 0.15) is 70.4 Å². The molecule has 33 heavy (non-hydrogen) atoms. The van der Waals surface area contributed by atoms with Crippen molar-refractivity contribution < 1.29 is 14.3 Å². The molecule has 0 unspecified atom stereocenters. The minimum Gasteiger partial charge on any atom is -0.443 e. The van der Waals surface area contributed by atoms with E-state index in [0.717, 1.165) is 24.3 Å². The Kier molecular flexibility index (Phi) is 6.92. The van der Waals surface area contributed by atoms with Gasteiger partial charge in [-0.05, 0) is 52.0 Å². The quantitative estimate of drug-likeness (QED) is 0.615. The van der Waals surface area contributed by atoms with E-state index in [1.807, 2.05) is 13.8 Å². The summed E-state index contributed by atoms with van der Waals surface area (Å²) >= 11 is 1.26. The summed E-state index contributed by atoms with van der Waals surface area (Å²) in [7, 11) is 0. The Labute approximate surface area is 196 Å². The van der Waals surface area contributed by atoms with Crippen LogP contribution in [-0.2, 0) is 17.8 Å². The van der Waals surface area contributed by atoms with E-state index in [2.05, 4.69) is 5.43 Å². The summed E-state index contributed by atoms with van der Waals surface area (Å²) < 4.78 is 8.26.